The number of likely N-dealkylation sites (N-methyl/N-ethyl adjacent to an activating group) is 1. The highest BCUT2D eigenvalue weighted by atomic mass is 16.3. The highest BCUT2D eigenvalue weighted by Gasteiger charge is 2.10. The van der Waals surface area contributed by atoms with Gasteiger partial charge in [0.1, 0.15) is 5.75 Å². The molecule has 2 aromatic rings. The van der Waals surface area contributed by atoms with Crippen LogP contribution in [0.1, 0.15) is 5.56 Å². The number of anilines is 1. The van der Waals surface area contributed by atoms with Crippen molar-refractivity contribution in [1.82, 2.24) is 0 Å². The molecule has 92 valence electrons. The van der Waals surface area contributed by atoms with Gasteiger partial charge in [-0.25, -0.2) is 0 Å². The van der Waals surface area contributed by atoms with Crippen LogP contribution >= 0.6 is 0 Å². The van der Waals surface area contributed by atoms with Crippen LogP contribution in [0.15, 0.2) is 54.6 Å². The number of benzene rings is 2. The molecule has 0 spiro atoms. The van der Waals surface area contributed by atoms with E-state index in [4.69, 9.17) is 0 Å². The summed E-state index contributed by atoms with van der Waals surface area (Å²) in [6.07, 6.45) is 0.325. The van der Waals surface area contributed by atoms with Crippen molar-refractivity contribution in [3.05, 3.63) is 60.2 Å². The molecular weight excluding hydrogens is 226 g/mol. The Labute approximate surface area is 106 Å². The van der Waals surface area contributed by atoms with Crippen LogP contribution < -0.4 is 4.90 Å². The van der Waals surface area contributed by atoms with E-state index < -0.39 is 0 Å². The minimum absolute atomic E-state index is 0.0203. The number of aromatic hydroxyl groups is 1. The van der Waals surface area contributed by atoms with Crippen molar-refractivity contribution >= 4 is 11.6 Å². The van der Waals surface area contributed by atoms with Crippen molar-refractivity contribution in [3.63, 3.8) is 0 Å². The van der Waals surface area contributed by atoms with Crippen molar-refractivity contribution < 1.29 is 9.90 Å². The molecular formula is C15H15NO2. The molecule has 0 saturated heterocycles. The zero-order valence-electron chi connectivity index (χ0n) is 10.2. The molecule has 0 aliphatic rings. The lowest BCUT2D eigenvalue weighted by Crippen LogP contribution is -2.27. The Morgan fingerprint density at radius 2 is 1.67 bits per heavy atom. The van der Waals surface area contributed by atoms with Gasteiger partial charge in [-0.2, -0.15) is 0 Å². The lowest BCUT2D eigenvalue weighted by Gasteiger charge is -2.17. The second kappa shape index (κ2) is 5.36. The first-order valence-electron chi connectivity index (χ1n) is 5.76. The van der Waals surface area contributed by atoms with Crippen molar-refractivity contribution in [3.8, 4) is 5.75 Å². The second-order valence-corrected chi connectivity index (χ2v) is 4.13. The summed E-state index contributed by atoms with van der Waals surface area (Å²) < 4.78 is 0. The van der Waals surface area contributed by atoms with Crippen LogP contribution in [0.4, 0.5) is 5.69 Å². The fourth-order valence-electron chi connectivity index (χ4n) is 1.70. The van der Waals surface area contributed by atoms with Gasteiger partial charge in [0.05, 0.1) is 6.42 Å². The highest BCUT2D eigenvalue weighted by Crippen LogP contribution is 2.14. The van der Waals surface area contributed by atoms with E-state index in [9.17, 15) is 9.90 Å². The largest absolute Gasteiger partial charge is 0.508 e. The maximum absolute atomic E-state index is 12.1. The average Bonchev–Trinajstić information content (AvgIpc) is 2.41. The second-order valence-electron chi connectivity index (χ2n) is 4.13. The number of hydrogen-bond donors (Lipinski definition) is 1. The van der Waals surface area contributed by atoms with Crippen LogP contribution in [0.25, 0.3) is 0 Å². The molecule has 0 fully saturated rings. The van der Waals surface area contributed by atoms with Crippen molar-refractivity contribution in [2.45, 2.75) is 6.42 Å². The zero-order chi connectivity index (χ0) is 13.0. The molecule has 2 rings (SSSR count). The topological polar surface area (TPSA) is 40.5 Å². The maximum Gasteiger partial charge on any atom is 0.231 e. The van der Waals surface area contributed by atoms with E-state index in [2.05, 4.69) is 0 Å². The Hall–Kier alpha value is -2.29. The number of amides is 1. The van der Waals surface area contributed by atoms with Gasteiger partial charge < -0.3 is 10.0 Å². The first kappa shape index (κ1) is 12.2. The molecule has 0 unspecified atom stereocenters. The number of carbonyl (C=O) groups is 1. The summed E-state index contributed by atoms with van der Waals surface area (Å²) in [7, 11) is 1.76. The molecule has 0 aliphatic heterocycles. The molecule has 0 saturated carbocycles. The Balaban J connectivity index is 2.06. The van der Waals surface area contributed by atoms with E-state index in [1.54, 1.807) is 36.2 Å². The third-order valence-electron chi connectivity index (χ3n) is 2.81. The number of rotatable bonds is 3. The summed E-state index contributed by atoms with van der Waals surface area (Å²) in [6.45, 7) is 0. The number of nitrogens with zero attached hydrogens (tertiary/aromatic N) is 1. The normalized spacial score (nSPS) is 10.1. The summed E-state index contributed by atoms with van der Waals surface area (Å²) in [5, 5.41) is 9.18. The fraction of sp³-hybridized carbons (Fsp3) is 0.133. The standard InChI is InChI=1S/C15H15NO2/c1-16(13-5-3-2-4-6-13)15(18)11-12-7-9-14(17)10-8-12/h2-10,17H,11H2,1H3. The smallest absolute Gasteiger partial charge is 0.231 e. The van der Waals surface area contributed by atoms with Gasteiger partial charge in [0.2, 0.25) is 5.91 Å². The molecule has 3 heteroatoms. The Bertz CT molecular complexity index is 520. The first-order valence-corrected chi connectivity index (χ1v) is 5.76. The Morgan fingerprint density at radius 3 is 2.28 bits per heavy atom. The van der Waals surface area contributed by atoms with Gasteiger partial charge in [-0.05, 0) is 29.8 Å². The third-order valence-corrected chi connectivity index (χ3v) is 2.81. The first-order chi connectivity index (χ1) is 8.66. The predicted octanol–water partition coefficient (Wildman–Crippen LogP) is 2.60. The molecule has 0 heterocycles. The minimum Gasteiger partial charge on any atom is -0.508 e. The number of hydrogen-bond acceptors (Lipinski definition) is 2. The van der Waals surface area contributed by atoms with Crippen LogP contribution in [-0.2, 0) is 11.2 Å². The van der Waals surface area contributed by atoms with Crippen LogP contribution in [-0.4, -0.2) is 18.1 Å². The number of phenols is 1. The fourth-order valence-corrected chi connectivity index (χ4v) is 1.70. The molecule has 18 heavy (non-hydrogen) atoms. The molecule has 0 aliphatic carbocycles. The maximum atomic E-state index is 12.1. The van der Waals surface area contributed by atoms with E-state index in [0.717, 1.165) is 11.3 Å². The Morgan fingerprint density at radius 1 is 1.06 bits per heavy atom. The Kier molecular flexibility index (Phi) is 3.63. The lowest BCUT2D eigenvalue weighted by molar-refractivity contribution is -0.117. The summed E-state index contributed by atoms with van der Waals surface area (Å²) in [4.78, 5) is 13.7. The quantitative estimate of drug-likeness (QED) is 0.897. The highest BCUT2D eigenvalue weighted by molar-refractivity contribution is 5.94. The number of phenolic OH excluding ortho intramolecular Hbond substituents is 1. The minimum atomic E-state index is 0.0203. The van der Waals surface area contributed by atoms with Crippen LogP contribution in [0, 0.1) is 0 Å². The van der Waals surface area contributed by atoms with Gasteiger partial charge in [0.15, 0.2) is 0 Å². The van der Waals surface area contributed by atoms with Gasteiger partial charge in [-0.1, -0.05) is 30.3 Å². The summed E-state index contributed by atoms with van der Waals surface area (Å²) in [6, 6.07) is 16.2. The van der Waals surface area contributed by atoms with E-state index in [1.807, 2.05) is 30.3 Å². The van der Waals surface area contributed by atoms with Gasteiger partial charge in [0, 0.05) is 12.7 Å². The summed E-state index contributed by atoms with van der Waals surface area (Å²) in [5.74, 6) is 0.231. The van der Waals surface area contributed by atoms with E-state index >= 15 is 0 Å². The average molecular weight is 241 g/mol. The van der Waals surface area contributed by atoms with E-state index in [-0.39, 0.29) is 11.7 Å². The molecule has 0 bridgehead atoms. The van der Waals surface area contributed by atoms with Crippen molar-refractivity contribution in [1.29, 1.82) is 0 Å². The third kappa shape index (κ3) is 2.88. The van der Waals surface area contributed by atoms with Crippen LogP contribution in [0.5, 0.6) is 5.75 Å². The van der Waals surface area contributed by atoms with Crippen LogP contribution in [0.2, 0.25) is 0 Å². The SMILES string of the molecule is CN(C(=O)Cc1ccc(O)cc1)c1ccccc1. The molecule has 1 N–H and O–H groups in total. The van der Waals surface area contributed by atoms with Crippen LogP contribution in [0.3, 0.4) is 0 Å². The monoisotopic (exact) mass is 241 g/mol. The van der Waals surface area contributed by atoms with E-state index in [1.165, 1.54) is 0 Å². The number of carbonyl (C=O) groups excluding carboxylic acids is 1. The zero-order valence-corrected chi connectivity index (χ0v) is 10.2. The molecule has 0 atom stereocenters. The molecule has 0 aromatic heterocycles. The van der Waals surface area contributed by atoms with Gasteiger partial charge >= 0.3 is 0 Å². The van der Waals surface area contributed by atoms with Gasteiger partial charge in [0.25, 0.3) is 0 Å². The molecule has 0 radical (unpaired) electrons. The van der Waals surface area contributed by atoms with Crippen molar-refractivity contribution in [2.24, 2.45) is 0 Å². The van der Waals surface area contributed by atoms with E-state index in [0.29, 0.717) is 6.42 Å². The summed E-state index contributed by atoms with van der Waals surface area (Å²) >= 11 is 0. The van der Waals surface area contributed by atoms with Gasteiger partial charge in [-0.3, -0.25) is 4.79 Å². The van der Waals surface area contributed by atoms with Crippen molar-refractivity contribution in [2.75, 3.05) is 11.9 Å². The predicted molar refractivity (Wildman–Crippen MR) is 71.7 cm³/mol. The number of para-hydroxylation sites is 1. The molecule has 1 amide bonds. The lowest BCUT2D eigenvalue weighted by atomic mass is 10.1. The summed E-state index contributed by atoms with van der Waals surface area (Å²) in [5.41, 5.74) is 1.77. The molecule has 3 nitrogen and oxygen atoms in total. The molecule has 2 aromatic carbocycles. The van der Waals surface area contributed by atoms with Gasteiger partial charge in [-0.15, -0.1) is 0 Å².